The van der Waals surface area contributed by atoms with Gasteiger partial charge in [-0.25, -0.2) is 4.79 Å². The number of ether oxygens (including phenoxy) is 10. The zero-order valence-corrected chi connectivity index (χ0v) is 50.8. The van der Waals surface area contributed by atoms with Crippen LogP contribution in [0.4, 0.5) is 0 Å². The summed E-state index contributed by atoms with van der Waals surface area (Å²) in [4.78, 5) is 61.0. The minimum Gasteiger partial charge on any atom is -0.477 e. The molecule has 0 unspecified atom stereocenters. The van der Waals surface area contributed by atoms with Crippen LogP contribution in [0.2, 0.25) is 0 Å². The van der Waals surface area contributed by atoms with E-state index in [1.165, 1.54) is 34.4 Å². The van der Waals surface area contributed by atoms with Crippen molar-refractivity contribution in [3.8, 4) is 0 Å². The number of methoxy groups -OCH3 is 3. The van der Waals surface area contributed by atoms with E-state index in [2.05, 4.69) is 10.5 Å². The average Bonchev–Trinajstić information content (AvgIpc) is 3.84. The summed E-state index contributed by atoms with van der Waals surface area (Å²) in [5, 5.41) is 54.0. The summed E-state index contributed by atoms with van der Waals surface area (Å²) < 4.78 is 64.7. The van der Waals surface area contributed by atoms with E-state index in [-0.39, 0.29) is 50.2 Å². The standard InChI is InChI=1S/C59H94N4O19/c1-16-43-59(10,71)51(67)34(4)46(61-76-31-72-13)32(2)27-57(8,73-14)52(82-56-49(66)42(62(11)12)24-33(3)77-56)35(5)50(36(6)55(70)79-43)81-45-28-58(9,74-15)53(37(7)78-45)80-44(64)19-21-60-20-17-18-38-25-39-30-75-23-22-63-29-41(54(68)69)48(65)40(26-38)47(39)63/h25-26,29,32-37,42-43,45,49-53,56,60,66-67,71H,16-24,27-28,30-31H2,1-15H3,(H,68,69)/t32-,33-,34+,35+,36-,37+,42+,43-,45+,49-,50+,51-,52-,53+,56+,57-,58-,59-/m1/s1. The molecule has 464 valence electrons. The molecule has 23 nitrogen and oxygen atoms in total. The van der Waals surface area contributed by atoms with Gasteiger partial charge in [0.2, 0.25) is 12.2 Å². The summed E-state index contributed by atoms with van der Waals surface area (Å²) in [7, 11) is 8.26. The molecule has 0 radical (unpaired) electrons. The first kappa shape index (κ1) is 66.9. The second-order valence-electron chi connectivity index (χ2n) is 23.9. The van der Waals surface area contributed by atoms with Crippen molar-refractivity contribution in [2.24, 2.45) is 28.8 Å². The van der Waals surface area contributed by atoms with Gasteiger partial charge in [-0.2, -0.15) is 0 Å². The molecule has 23 heteroatoms. The number of aliphatic hydroxyl groups excluding tert-OH is 2. The number of oxime groups is 1. The lowest BCUT2D eigenvalue weighted by Gasteiger charge is -2.50. The highest BCUT2D eigenvalue weighted by Crippen LogP contribution is 2.43. The number of carboxylic acid groups (broad SMARTS) is 1. The molecule has 4 aliphatic heterocycles. The number of rotatable bonds is 20. The number of hydrogen-bond acceptors (Lipinski definition) is 21. The lowest BCUT2D eigenvalue weighted by Crippen LogP contribution is -2.61. The normalized spacial score (nSPS) is 36.6. The molecule has 0 saturated carbocycles. The van der Waals surface area contributed by atoms with Gasteiger partial charge in [-0.15, -0.1) is 0 Å². The lowest BCUT2D eigenvalue weighted by molar-refractivity contribution is -0.320. The minimum absolute atomic E-state index is 0.0258. The van der Waals surface area contributed by atoms with Crippen molar-refractivity contribution in [2.75, 3.05) is 61.9 Å². The van der Waals surface area contributed by atoms with Gasteiger partial charge >= 0.3 is 17.9 Å². The van der Waals surface area contributed by atoms with Crippen molar-refractivity contribution in [2.45, 2.75) is 212 Å². The maximum atomic E-state index is 14.8. The number of carboxylic acids is 1. The van der Waals surface area contributed by atoms with Gasteiger partial charge in [0.1, 0.15) is 29.0 Å². The van der Waals surface area contributed by atoms with Crippen LogP contribution in [-0.2, 0) is 81.4 Å². The summed E-state index contributed by atoms with van der Waals surface area (Å²) in [5.74, 6) is -5.76. The predicted octanol–water partition coefficient (Wildman–Crippen LogP) is 4.55. The SMILES string of the molecule is CC[C@H]1OC(=O)[C@H](C)[C@@H](O[C@H]2C[C@@](C)(OC)[C@@H](OC(=O)CCNCCCc3cc4c5c(c3)c(=O)c(C(=O)O)cn5CCOC4)[C@H](C)O2)[C@H](C)[C@@H](O[C@@H]2O[C@H](C)C[C@H](N(C)C)[C@H]2O)[C@](C)(OC)C[C@@H](C)C(=NOCOC)[C@H](C)[C@@H](O)[C@]1(C)O. The van der Waals surface area contributed by atoms with Crippen LogP contribution in [0.1, 0.15) is 129 Å². The van der Waals surface area contributed by atoms with Gasteiger partial charge in [0.15, 0.2) is 18.7 Å². The molecular weight excluding hydrogens is 1070 g/mol. The lowest BCUT2D eigenvalue weighted by atomic mass is 9.73. The number of esters is 2. The number of aromatic carboxylic acids is 1. The van der Waals surface area contributed by atoms with Gasteiger partial charge in [-0.1, -0.05) is 38.9 Å². The van der Waals surface area contributed by atoms with Crippen LogP contribution in [0.15, 0.2) is 28.3 Å². The second-order valence-corrected chi connectivity index (χ2v) is 23.9. The van der Waals surface area contributed by atoms with Gasteiger partial charge in [0.25, 0.3) is 0 Å². The zero-order valence-electron chi connectivity index (χ0n) is 50.8. The summed E-state index contributed by atoms with van der Waals surface area (Å²) in [6.07, 6.45) is -6.61. The first-order chi connectivity index (χ1) is 38.7. The number of aliphatic hydroxyl groups is 3. The number of nitrogens with one attached hydrogen (secondary N) is 1. The average molecular weight is 1160 g/mol. The Balaban J connectivity index is 1.22. The van der Waals surface area contributed by atoms with E-state index in [1.807, 2.05) is 52.8 Å². The molecule has 4 aliphatic rings. The van der Waals surface area contributed by atoms with Crippen molar-refractivity contribution in [3.05, 3.63) is 45.2 Å². The molecule has 6 rings (SSSR count). The highest BCUT2D eigenvalue weighted by atomic mass is 16.7. The summed E-state index contributed by atoms with van der Waals surface area (Å²) in [6.45, 7) is 19.4. The molecule has 0 spiro atoms. The monoisotopic (exact) mass is 1160 g/mol. The third-order valence-corrected chi connectivity index (χ3v) is 17.5. The molecule has 3 saturated heterocycles. The number of aryl methyl sites for hydroxylation is 1. The van der Waals surface area contributed by atoms with E-state index in [1.54, 1.807) is 45.3 Å². The van der Waals surface area contributed by atoms with Crippen LogP contribution in [0, 0.1) is 23.7 Å². The third-order valence-electron chi connectivity index (χ3n) is 17.5. The van der Waals surface area contributed by atoms with E-state index in [0.29, 0.717) is 68.7 Å². The molecule has 18 atom stereocenters. The van der Waals surface area contributed by atoms with Gasteiger partial charge in [0.05, 0.1) is 72.9 Å². The summed E-state index contributed by atoms with van der Waals surface area (Å²) >= 11 is 0. The van der Waals surface area contributed by atoms with Crippen LogP contribution in [0.5, 0.6) is 0 Å². The molecule has 0 aliphatic carbocycles. The highest BCUT2D eigenvalue weighted by molar-refractivity contribution is 5.94. The Labute approximate surface area is 482 Å². The molecule has 0 amide bonds. The molecule has 5 N–H and O–H groups in total. The van der Waals surface area contributed by atoms with E-state index >= 15 is 0 Å². The fourth-order valence-corrected chi connectivity index (χ4v) is 12.7. The molecule has 1 aromatic heterocycles. The van der Waals surface area contributed by atoms with E-state index in [9.17, 15) is 39.6 Å². The van der Waals surface area contributed by atoms with Crippen molar-refractivity contribution >= 4 is 34.5 Å². The maximum Gasteiger partial charge on any atom is 0.341 e. The molecule has 5 heterocycles. The number of pyridine rings is 1. The first-order valence-corrected chi connectivity index (χ1v) is 28.9. The fourth-order valence-electron chi connectivity index (χ4n) is 12.7. The maximum absolute atomic E-state index is 14.8. The Bertz CT molecular complexity index is 2560. The van der Waals surface area contributed by atoms with Crippen LogP contribution in [-0.4, -0.2) is 200 Å². The van der Waals surface area contributed by atoms with Gasteiger partial charge in [-0.05, 0) is 106 Å². The highest BCUT2D eigenvalue weighted by Gasteiger charge is 2.55. The molecule has 82 heavy (non-hydrogen) atoms. The Hall–Kier alpha value is -4.21. The number of aromatic nitrogens is 1. The Morgan fingerprint density at radius 3 is 2.27 bits per heavy atom. The van der Waals surface area contributed by atoms with Crippen molar-refractivity contribution in [3.63, 3.8) is 0 Å². The number of cyclic esters (lactones) is 1. The number of carbonyl (C=O) groups excluding carboxylic acids is 2. The minimum atomic E-state index is -1.98. The third kappa shape index (κ3) is 15.2. The molecule has 1 aromatic carbocycles. The predicted molar refractivity (Wildman–Crippen MR) is 301 cm³/mol. The Morgan fingerprint density at radius 1 is 0.927 bits per heavy atom. The van der Waals surface area contributed by atoms with Crippen molar-refractivity contribution in [1.82, 2.24) is 14.8 Å². The number of hydrogen-bond donors (Lipinski definition) is 5. The number of carbonyl (C=O) groups is 3. The molecular formula is C59H94N4O19. The van der Waals surface area contributed by atoms with Gasteiger partial charge in [0, 0.05) is 81.8 Å². The number of nitrogens with zero attached hydrogens (tertiary/aromatic N) is 3. The topological polar surface area (TPSA) is 283 Å². The van der Waals surface area contributed by atoms with Gasteiger partial charge < -0.3 is 87.4 Å². The van der Waals surface area contributed by atoms with Crippen LogP contribution >= 0.6 is 0 Å². The van der Waals surface area contributed by atoms with E-state index in [4.69, 9.17) is 52.2 Å². The molecule has 2 aromatic rings. The van der Waals surface area contributed by atoms with Gasteiger partial charge in [-0.3, -0.25) is 14.4 Å². The number of benzene rings is 1. The van der Waals surface area contributed by atoms with E-state index in [0.717, 1.165) is 11.1 Å². The Kier molecular flexibility index (Phi) is 23.5. The fraction of sp³-hybridized carbons (Fsp3) is 0.780. The van der Waals surface area contributed by atoms with Crippen molar-refractivity contribution in [1.29, 1.82) is 0 Å². The Morgan fingerprint density at radius 2 is 1.62 bits per heavy atom. The second kappa shape index (κ2) is 28.8. The summed E-state index contributed by atoms with van der Waals surface area (Å²) in [5.41, 5.74) is -2.50. The quantitative estimate of drug-likeness (QED) is 0.0526. The summed E-state index contributed by atoms with van der Waals surface area (Å²) in [6, 6.07) is 3.42. The largest absolute Gasteiger partial charge is 0.477 e. The van der Waals surface area contributed by atoms with E-state index < -0.39 is 119 Å². The zero-order chi connectivity index (χ0) is 60.6. The van der Waals surface area contributed by atoms with Crippen LogP contribution in [0.3, 0.4) is 0 Å². The molecule has 0 bridgehead atoms. The van der Waals surface area contributed by atoms with Crippen LogP contribution in [0.25, 0.3) is 10.9 Å². The van der Waals surface area contributed by atoms with Crippen molar-refractivity contribution < 1.29 is 87.0 Å². The number of likely N-dealkylation sites (N-methyl/N-ethyl adjacent to an activating group) is 1. The van der Waals surface area contributed by atoms with Crippen LogP contribution < -0.4 is 10.7 Å². The first-order valence-electron chi connectivity index (χ1n) is 28.9. The molecule has 3 fully saturated rings. The smallest absolute Gasteiger partial charge is 0.341 e.